The molecule has 1 unspecified atom stereocenters. The molecule has 3 nitrogen and oxygen atoms in total. The molecule has 1 aromatic heterocycles. The van der Waals surface area contributed by atoms with Gasteiger partial charge in [0.05, 0.1) is 0 Å². The maximum atomic E-state index is 5.73. The van der Waals surface area contributed by atoms with Crippen LogP contribution in [0.5, 0.6) is 0 Å². The summed E-state index contributed by atoms with van der Waals surface area (Å²) >= 11 is 0. The number of aromatic nitrogens is 1. The molecule has 0 bridgehead atoms. The molecule has 1 atom stereocenters. The first-order valence-electron chi connectivity index (χ1n) is 4.68. The van der Waals surface area contributed by atoms with Gasteiger partial charge in [0.2, 0.25) is 0 Å². The minimum atomic E-state index is 0.0428. The summed E-state index contributed by atoms with van der Waals surface area (Å²) in [6, 6.07) is 4.02. The maximum absolute atomic E-state index is 5.73. The lowest BCUT2D eigenvalue weighted by molar-refractivity contribution is 0.809. The van der Waals surface area contributed by atoms with Crippen LogP contribution in [0.4, 0.5) is 5.82 Å². The Hall–Kier alpha value is -1.35. The van der Waals surface area contributed by atoms with Crippen LogP contribution >= 0.6 is 0 Å². The Morgan fingerprint density at radius 2 is 2.36 bits per heavy atom. The fraction of sp³-hybridized carbons (Fsp3) is 0.364. The van der Waals surface area contributed by atoms with Crippen molar-refractivity contribution in [3.8, 4) is 0 Å². The van der Waals surface area contributed by atoms with Crippen LogP contribution in [0.2, 0.25) is 0 Å². The molecule has 0 saturated carbocycles. The van der Waals surface area contributed by atoms with E-state index in [9.17, 15) is 0 Å². The fourth-order valence-electron chi connectivity index (χ4n) is 1.18. The molecule has 0 fully saturated rings. The first-order valence-corrected chi connectivity index (χ1v) is 4.68. The van der Waals surface area contributed by atoms with Gasteiger partial charge < -0.3 is 10.6 Å². The van der Waals surface area contributed by atoms with Crippen molar-refractivity contribution in [1.29, 1.82) is 0 Å². The molecule has 0 aliphatic carbocycles. The zero-order valence-electron chi connectivity index (χ0n) is 8.77. The molecule has 1 aromatic rings. The summed E-state index contributed by atoms with van der Waals surface area (Å²) in [5.74, 6) is 0.939. The van der Waals surface area contributed by atoms with E-state index in [-0.39, 0.29) is 6.04 Å². The van der Waals surface area contributed by atoms with Crippen molar-refractivity contribution in [2.75, 3.05) is 18.5 Å². The molecule has 1 heterocycles. The molecule has 0 radical (unpaired) electrons. The van der Waals surface area contributed by atoms with Gasteiger partial charge in [0.25, 0.3) is 0 Å². The Labute approximate surface area is 85.3 Å². The van der Waals surface area contributed by atoms with E-state index < -0.39 is 0 Å². The highest BCUT2D eigenvalue weighted by Gasteiger charge is 2.02. The molecule has 76 valence electrons. The van der Waals surface area contributed by atoms with Crippen LogP contribution in [0.1, 0.15) is 18.5 Å². The molecule has 0 aliphatic heterocycles. The highest BCUT2D eigenvalue weighted by molar-refractivity contribution is 5.39. The van der Waals surface area contributed by atoms with Crippen molar-refractivity contribution >= 4 is 5.82 Å². The second-order valence-corrected chi connectivity index (χ2v) is 3.41. The van der Waals surface area contributed by atoms with Crippen molar-refractivity contribution in [3.05, 3.63) is 36.5 Å². The largest absolute Gasteiger partial charge is 0.356 e. The van der Waals surface area contributed by atoms with Crippen molar-refractivity contribution in [3.63, 3.8) is 0 Å². The number of nitrogens with zero attached hydrogens (tertiary/aromatic N) is 2. The summed E-state index contributed by atoms with van der Waals surface area (Å²) in [5, 5.41) is 0. The van der Waals surface area contributed by atoms with Crippen LogP contribution in [-0.2, 0) is 0 Å². The SMILES string of the molecule is C=CCN(C)c1ccc(C(C)N)cn1. The number of likely N-dealkylation sites (N-methyl/N-ethyl adjacent to an activating group) is 1. The third-order valence-corrected chi connectivity index (χ3v) is 2.09. The average molecular weight is 191 g/mol. The maximum Gasteiger partial charge on any atom is 0.128 e. The monoisotopic (exact) mass is 191 g/mol. The van der Waals surface area contributed by atoms with Crippen LogP contribution in [0.15, 0.2) is 31.0 Å². The van der Waals surface area contributed by atoms with E-state index in [1.807, 2.05) is 43.3 Å². The Morgan fingerprint density at radius 3 is 2.79 bits per heavy atom. The summed E-state index contributed by atoms with van der Waals surface area (Å²) in [6.45, 7) is 6.43. The van der Waals surface area contributed by atoms with Gasteiger partial charge in [0.15, 0.2) is 0 Å². The highest BCUT2D eigenvalue weighted by Crippen LogP contribution is 2.13. The summed E-state index contributed by atoms with van der Waals surface area (Å²) in [6.07, 6.45) is 3.67. The van der Waals surface area contributed by atoms with Crippen molar-refractivity contribution in [1.82, 2.24) is 4.98 Å². The summed E-state index contributed by atoms with van der Waals surface area (Å²) in [4.78, 5) is 6.34. The van der Waals surface area contributed by atoms with E-state index in [4.69, 9.17) is 5.73 Å². The molecule has 3 heteroatoms. The summed E-state index contributed by atoms with van der Waals surface area (Å²) in [7, 11) is 1.98. The topological polar surface area (TPSA) is 42.1 Å². The predicted octanol–water partition coefficient (Wildman–Crippen LogP) is 1.72. The van der Waals surface area contributed by atoms with Crippen LogP contribution in [0.3, 0.4) is 0 Å². The molecule has 1 rings (SSSR count). The molecular weight excluding hydrogens is 174 g/mol. The van der Waals surface area contributed by atoms with Crippen LogP contribution in [0, 0.1) is 0 Å². The van der Waals surface area contributed by atoms with Crippen molar-refractivity contribution in [2.45, 2.75) is 13.0 Å². The van der Waals surface area contributed by atoms with Crippen LogP contribution in [0.25, 0.3) is 0 Å². The van der Waals surface area contributed by atoms with E-state index in [0.717, 1.165) is 17.9 Å². The van der Waals surface area contributed by atoms with Crippen LogP contribution < -0.4 is 10.6 Å². The molecule has 14 heavy (non-hydrogen) atoms. The Bertz CT molecular complexity index is 290. The molecule has 0 amide bonds. The summed E-state index contributed by atoms with van der Waals surface area (Å²) < 4.78 is 0. The number of hydrogen-bond acceptors (Lipinski definition) is 3. The fourth-order valence-corrected chi connectivity index (χ4v) is 1.18. The number of hydrogen-bond donors (Lipinski definition) is 1. The van der Waals surface area contributed by atoms with Crippen molar-refractivity contribution < 1.29 is 0 Å². The third-order valence-electron chi connectivity index (χ3n) is 2.09. The number of rotatable bonds is 4. The quantitative estimate of drug-likeness (QED) is 0.737. The van der Waals surface area contributed by atoms with Crippen molar-refractivity contribution in [2.24, 2.45) is 5.73 Å². The van der Waals surface area contributed by atoms with E-state index in [1.165, 1.54) is 0 Å². The lowest BCUT2D eigenvalue weighted by atomic mass is 10.1. The van der Waals surface area contributed by atoms with E-state index in [0.29, 0.717) is 0 Å². The Morgan fingerprint density at radius 1 is 1.64 bits per heavy atom. The van der Waals surface area contributed by atoms with Gasteiger partial charge in [-0.3, -0.25) is 0 Å². The molecule has 0 aliphatic rings. The average Bonchev–Trinajstić information content (AvgIpc) is 2.18. The Kier molecular flexibility index (Phi) is 3.65. The lowest BCUT2D eigenvalue weighted by Crippen LogP contribution is -2.18. The second-order valence-electron chi connectivity index (χ2n) is 3.41. The zero-order valence-corrected chi connectivity index (χ0v) is 8.77. The molecule has 2 N–H and O–H groups in total. The predicted molar refractivity (Wildman–Crippen MR) is 60.3 cm³/mol. The molecule has 0 saturated heterocycles. The molecule has 0 aromatic carbocycles. The third kappa shape index (κ3) is 2.57. The van der Waals surface area contributed by atoms with Crippen LogP contribution in [-0.4, -0.2) is 18.6 Å². The van der Waals surface area contributed by atoms with Gasteiger partial charge in [-0.25, -0.2) is 4.98 Å². The van der Waals surface area contributed by atoms with E-state index >= 15 is 0 Å². The molecular formula is C11H17N3. The highest BCUT2D eigenvalue weighted by atomic mass is 15.1. The molecule has 0 spiro atoms. The summed E-state index contributed by atoms with van der Waals surface area (Å²) in [5.41, 5.74) is 6.79. The number of anilines is 1. The number of pyridine rings is 1. The van der Waals surface area contributed by atoms with Gasteiger partial charge in [-0.15, -0.1) is 6.58 Å². The normalized spacial score (nSPS) is 12.2. The zero-order chi connectivity index (χ0) is 10.6. The first kappa shape index (κ1) is 10.7. The van der Waals surface area contributed by atoms with Gasteiger partial charge in [-0.2, -0.15) is 0 Å². The second kappa shape index (κ2) is 4.77. The minimum absolute atomic E-state index is 0.0428. The smallest absolute Gasteiger partial charge is 0.128 e. The first-order chi connectivity index (χ1) is 6.65. The minimum Gasteiger partial charge on any atom is -0.356 e. The number of nitrogens with two attached hydrogens (primary N) is 1. The van der Waals surface area contributed by atoms with Gasteiger partial charge in [-0.05, 0) is 18.6 Å². The van der Waals surface area contributed by atoms with E-state index in [2.05, 4.69) is 11.6 Å². The lowest BCUT2D eigenvalue weighted by Gasteiger charge is -2.16. The van der Waals surface area contributed by atoms with Gasteiger partial charge in [0, 0.05) is 25.8 Å². The van der Waals surface area contributed by atoms with Gasteiger partial charge in [0.1, 0.15) is 5.82 Å². The van der Waals surface area contributed by atoms with Gasteiger partial charge in [-0.1, -0.05) is 12.1 Å². The Balaban J connectivity index is 2.77. The standard InChI is InChI=1S/C11H17N3/c1-4-7-14(3)11-6-5-10(8-13-11)9(2)12/h4-6,8-9H,1,7,12H2,2-3H3. The van der Waals surface area contributed by atoms with E-state index in [1.54, 1.807) is 0 Å². The van der Waals surface area contributed by atoms with Gasteiger partial charge >= 0.3 is 0 Å².